The van der Waals surface area contributed by atoms with Gasteiger partial charge in [0.05, 0.1) is 24.2 Å². The van der Waals surface area contributed by atoms with Gasteiger partial charge in [-0.3, -0.25) is 9.97 Å². The summed E-state index contributed by atoms with van der Waals surface area (Å²) in [6.45, 7) is 1.15. The number of aryl methyl sites for hydroxylation is 1. The van der Waals surface area contributed by atoms with Crippen LogP contribution in [0.3, 0.4) is 0 Å². The highest BCUT2D eigenvalue weighted by Crippen LogP contribution is 2.17. The van der Waals surface area contributed by atoms with Gasteiger partial charge in [-0.25, -0.2) is 0 Å². The maximum Gasteiger partial charge on any atom is 0.277 e. The van der Waals surface area contributed by atoms with Crippen molar-refractivity contribution in [1.29, 1.82) is 0 Å². The van der Waals surface area contributed by atoms with Crippen molar-refractivity contribution < 1.29 is 35.4 Å². The highest BCUT2D eigenvalue weighted by molar-refractivity contribution is 5.07. The van der Waals surface area contributed by atoms with Gasteiger partial charge in [0.25, 0.3) is 5.97 Å². The smallest absolute Gasteiger partial charge is 0.277 e. The van der Waals surface area contributed by atoms with Crippen LogP contribution >= 0.6 is 0 Å². The Kier molecular flexibility index (Phi) is 7.92. The monoisotopic (exact) mass is 332 g/mol. The van der Waals surface area contributed by atoms with Crippen LogP contribution in [-0.2, 0) is 11.2 Å². The second-order valence-electron chi connectivity index (χ2n) is 5.15. The Morgan fingerprint density at radius 1 is 1.17 bits per heavy atom. The molecule has 0 aliphatic rings. The van der Waals surface area contributed by atoms with Crippen molar-refractivity contribution in [1.82, 2.24) is 9.97 Å². The van der Waals surface area contributed by atoms with E-state index in [2.05, 4.69) is 9.97 Å². The lowest BCUT2D eigenvalue weighted by Crippen LogP contribution is -2.35. The molecule has 6 N–H and O–H groups in total. The Hall–Kier alpha value is -1.20. The first-order valence-corrected chi connectivity index (χ1v) is 7.35. The summed E-state index contributed by atoms with van der Waals surface area (Å²) < 4.78 is 4.75. The zero-order valence-electron chi connectivity index (χ0n) is 12.9. The van der Waals surface area contributed by atoms with E-state index in [0.29, 0.717) is 18.5 Å². The molecule has 9 nitrogen and oxygen atoms in total. The third kappa shape index (κ3) is 6.43. The normalized spacial score (nSPS) is 16.1. The summed E-state index contributed by atoms with van der Waals surface area (Å²) >= 11 is 0. The molecule has 3 atom stereocenters. The first-order valence-electron chi connectivity index (χ1n) is 7.35. The topological polar surface area (TPSA) is 156 Å². The zero-order valence-corrected chi connectivity index (χ0v) is 12.9. The van der Waals surface area contributed by atoms with Crippen molar-refractivity contribution >= 4 is 0 Å². The number of rotatable bonds is 10. The van der Waals surface area contributed by atoms with Crippen molar-refractivity contribution in [2.75, 3.05) is 13.2 Å². The van der Waals surface area contributed by atoms with E-state index >= 15 is 0 Å². The third-order valence-electron chi connectivity index (χ3n) is 3.24. The summed E-state index contributed by atoms with van der Waals surface area (Å²) in [5, 5.41) is 56.3. The average Bonchev–Trinajstić information content (AvgIpc) is 2.53. The molecule has 0 amide bonds. The van der Waals surface area contributed by atoms with Crippen LogP contribution in [0, 0.1) is 0 Å². The van der Waals surface area contributed by atoms with Crippen molar-refractivity contribution in [3.63, 3.8) is 0 Å². The number of aromatic nitrogens is 2. The van der Waals surface area contributed by atoms with Gasteiger partial charge < -0.3 is 35.4 Å². The SMILES string of the molecule is CCOC(O)(O)CCCc1cnc(C(O)C(O)C(O)CO)cn1. The van der Waals surface area contributed by atoms with Gasteiger partial charge in [0.1, 0.15) is 18.3 Å². The lowest BCUT2D eigenvalue weighted by molar-refractivity contribution is -0.339. The van der Waals surface area contributed by atoms with E-state index in [0.717, 1.165) is 0 Å². The molecule has 1 rings (SSSR count). The zero-order chi connectivity index (χ0) is 17.5. The van der Waals surface area contributed by atoms with Crippen LogP contribution in [0.25, 0.3) is 0 Å². The van der Waals surface area contributed by atoms with Crippen LogP contribution in [0.1, 0.15) is 37.3 Å². The van der Waals surface area contributed by atoms with Crippen LogP contribution in [0.15, 0.2) is 12.4 Å². The molecule has 0 saturated carbocycles. The molecule has 1 aromatic rings. The second-order valence-corrected chi connectivity index (χ2v) is 5.15. The van der Waals surface area contributed by atoms with E-state index < -0.39 is 30.9 Å². The van der Waals surface area contributed by atoms with Gasteiger partial charge in [0.15, 0.2) is 0 Å². The van der Waals surface area contributed by atoms with Gasteiger partial charge in [0, 0.05) is 19.2 Å². The van der Waals surface area contributed by atoms with Gasteiger partial charge in [-0.05, 0) is 19.8 Å². The molecule has 3 unspecified atom stereocenters. The maximum atomic E-state index is 9.82. The predicted octanol–water partition coefficient (Wildman–Crippen LogP) is -1.78. The Labute approximate surface area is 133 Å². The minimum Gasteiger partial charge on any atom is -0.394 e. The molecular weight excluding hydrogens is 308 g/mol. The number of aliphatic hydroxyl groups is 6. The van der Waals surface area contributed by atoms with Crippen molar-refractivity contribution in [2.24, 2.45) is 0 Å². The summed E-state index contributed by atoms with van der Waals surface area (Å²) in [6, 6.07) is 0. The van der Waals surface area contributed by atoms with E-state index in [1.807, 2.05) is 0 Å². The fraction of sp³-hybridized carbons (Fsp3) is 0.714. The Balaban J connectivity index is 2.53. The number of hydrogen-bond donors (Lipinski definition) is 6. The van der Waals surface area contributed by atoms with Crippen LogP contribution < -0.4 is 0 Å². The molecule has 0 aliphatic carbocycles. The van der Waals surface area contributed by atoms with E-state index in [1.54, 1.807) is 6.92 Å². The molecule has 0 fully saturated rings. The molecular formula is C14H24N2O7. The summed E-state index contributed by atoms with van der Waals surface area (Å²) in [5.41, 5.74) is 0.618. The van der Waals surface area contributed by atoms with Crippen molar-refractivity contribution in [3.8, 4) is 0 Å². The molecule has 1 heterocycles. The van der Waals surface area contributed by atoms with Crippen molar-refractivity contribution in [2.45, 2.75) is 50.5 Å². The van der Waals surface area contributed by atoms with Crippen LogP contribution in [-0.4, -0.2) is 72.0 Å². The van der Waals surface area contributed by atoms with Gasteiger partial charge >= 0.3 is 0 Å². The lowest BCUT2D eigenvalue weighted by atomic mass is 10.1. The summed E-state index contributed by atoms with van der Waals surface area (Å²) in [6.07, 6.45) is -1.07. The number of nitrogens with zero attached hydrogens (tertiary/aromatic N) is 2. The highest BCUT2D eigenvalue weighted by atomic mass is 16.8. The molecule has 132 valence electrons. The third-order valence-corrected chi connectivity index (χ3v) is 3.24. The van der Waals surface area contributed by atoms with Gasteiger partial charge in [0.2, 0.25) is 0 Å². The second kappa shape index (κ2) is 9.18. The number of ether oxygens (including phenoxy) is 1. The first-order chi connectivity index (χ1) is 10.8. The van der Waals surface area contributed by atoms with Gasteiger partial charge in [-0.2, -0.15) is 0 Å². The molecule has 0 spiro atoms. The van der Waals surface area contributed by atoms with Crippen LogP contribution in [0.2, 0.25) is 0 Å². The molecule has 23 heavy (non-hydrogen) atoms. The van der Waals surface area contributed by atoms with E-state index in [4.69, 9.17) is 9.84 Å². The maximum absolute atomic E-state index is 9.82. The summed E-state index contributed by atoms with van der Waals surface area (Å²) in [4.78, 5) is 8.00. The van der Waals surface area contributed by atoms with Crippen LogP contribution in [0.5, 0.6) is 0 Å². The predicted molar refractivity (Wildman–Crippen MR) is 77.8 cm³/mol. The molecule has 0 aliphatic heterocycles. The molecule has 0 aromatic carbocycles. The molecule has 0 saturated heterocycles. The fourth-order valence-corrected chi connectivity index (χ4v) is 1.94. The van der Waals surface area contributed by atoms with E-state index in [9.17, 15) is 25.5 Å². The standard InChI is InChI=1S/C14H24N2O7/c1-2-23-14(21,22)5-3-4-9-6-16-10(7-15-9)12(19)13(20)11(18)8-17/h6-7,11-13,17-22H,2-5,8H2,1H3. The molecule has 1 aromatic heterocycles. The summed E-state index contributed by atoms with van der Waals surface area (Å²) in [5.74, 6) is -2.16. The lowest BCUT2D eigenvalue weighted by Gasteiger charge is -2.21. The quantitative estimate of drug-likeness (QED) is 0.273. The average molecular weight is 332 g/mol. The Bertz CT molecular complexity index is 455. The molecule has 0 bridgehead atoms. The van der Waals surface area contributed by atoms with Crippen molar-refractivity contribution in [3.05, 3.63) is 23.8 Å². The van der Waals surface area contributed by atoms with Gasteiger partial charge in [-0.1, -0.05) is 0 Å². The minimum atomic E-state index is -2.16. The number of hydrogen-bond acceptors (Lipinski definition) is 9. The first kappa shape index (κ1) is 19.8. The highest BCUT2D eigenvalue weighted by Gasteiger charge is 2.27. The summed E-state index contributed by atoms with van der Waals surface area (Å²) in [7, 11) is 0. The minimum absolute atomic E-state index is 0.00824. The number of aliphatic hydroxyl groups excluding tert-OH is 4. The Morgan fingerprint density at radius 2 is 1.87 bits per heavy atom. The van der Waals surface area contributed by atoms with E-state index in [1.165, 1.54) is 12.4 Å². The Morgan fingerprint density at radius 3 is 2.39 bits per heavy atom. The van der Waals surface area contributed by atoms with Crippen LogP contribution in [0.4, 0.5) is 0 Å². The largest absolute Gasteiger partial charge is 0.394 e. The fourth-order valence-electron chi connectivity index (χ4n) is 1.94. The van der Waals surface area contributed by atoms with Gasteiger partial charge in [-0.15, -0.1) is 0 Å². The van der Waals surface area contributed by atoms with E-state index in [-0.39, 0.29) is 18.7 Å². The molecule has 0 radical (unpaired) electrons. The molecule has 9 heteroatoms.